The standard InChI is InChI=1S/C12H21N/c13-12-8-6-11(7-9-12)10-4-2-1-3-5-10/h12H,1-9,13H2. The van der Waals surface area contributed by atoms with Gasteiger partial charge in [0.05, 0.1) is 0 Å². The summed E-state index contributed by atoms with van der Waals surface area (Å²) < 4.78 is 0. The first-order valence-electron chi connectivity index (χ1n) is 5.81. The summed E-state index contributed by atoms with van der Waals surface area (Å²) in [5, 5.41) is 0. The summed E-state index contributed by atoms with van der Waals surface area (Å²) in [6.07, 6.45) is 12.2. The Balaban J connectivity index is 1.97. The minimum absolute atomic E-state index is 0.493. The van der Waals surface area contributed by atoms with E-state index in [2.05, 4.69) is 0 Å². The molecule has 0 spiro atoms. The zero-order valence-corrected chi connectivity index (χ0v) is 8.52. The molecule has 0 aromatic carbocycles. The average Bonchev–Trinajstić information content (AvgIpc) is 2.20. The number of allylic oxidation sites excluding steroid dienone is 2. The summed E-state index contributed by atoms with van der Waals surface area (Å²) in [4.78, 5) is 0. The van der Waals surface area contributed by atoms with E-state index in [1.807, 2.05) is 0 Å². The molecule has 2 aliphatic carbocycles. The van der Waals surface area contributed by atoms with Gasteiger partial charge in [-0.2, -0.15) is 0 Å². The minimum Gasteiger partial charge on any atom is -0.328 e. The topological polar surface area (TPSA) is 26.0 Å². The average molecular weight is 179 g/mol. The van der Waals surface area contributed by atoms with Crippen LogP contribution in [0.25, 0.3) is 0 Å². The van der Waals surface area contributed by atoms with Gasteiger partial charge >= 0.3 is 0 Å². The summed E-state index contributed by atoms with van der Waals surface area (Å²) in [5.74, 6) is 0. The van der Waals surface area contributed by atoms with Crippen LogP contribution < -0.4 is 5.73 Å². The third-order valence-corrected chi connectivity index (χ3v) is 3.59. The van der Waals surface area contributed by atoms with Crippen molar-refractivity contribution in [2.45, 2.75) is 63.8 Å². The molecule has 13 heavy (non-hydrogen) atoms. The van der Waals surface area contributed by atoms with Gasteiger partial charge in [0.1, 0.15) is 0 Å². The lowest BCUT2D eigenvalue weighted by Crippen LogP contribution is -2.24. The van der Waals surface area contributed by atoms with Gasteiger partial charge in [-0.1, -0.05) is 17.6 Å². The Morgan fingerprint density at radius 2 is 1.31 bits per heavy atom. The Kier molecular flexibility index (Phi) is 3.05. The monoisotopic (exact) mass is 179 g/mol. The Morgan fingerprint density at radius 1 is 0.769 bits per heavy atom. The van der Waals surface area contributed by atoms with Gasteiger partial charge < -0.3 is 5.73 Å². The molecule has 0 aliphatic heterocycles. The van der Waals surface area contributed by atoms with Crippen molar-refractivity contribution in [2.75, 3.05) is 0 Å². The maximum Gasteiger partial charge on any atom is 0.00449 e. The molecule has 2 rings (SSSR count). The Labute approximate surface area is 81.4 Å². The van der Waals surface area contributed by atoms with E-state index >= 15 is 0 Å². The first kappa shape index (κ1) is 9.26. The largest absolute Gasteiger partial charge is 0.328 e. The van der Waals surface area contributed by atoms with Gasteiger partial charge in [-0.25, -0.2) is 0 Å². The highest BCUT2D eigenvalue weighted by atomic mass is 14.6. The Morgan fingerprint density at radius 3 is 1.92 bits per heavy atom. The van der Waals surface area contributed by atoms with Gasteiger partial charge in [0.15, 0.2) is 0 Å². The van der Waals surface area contributed by atoms with Gasteiger partial charge in [0.2, 0.25) is 0 Å². The molecular weight excluding hydrogens is 158 g/mol. The number of nitrogens with two attached hydrogens (primary N) is 1. The molecule has 2 aliphatic rings. The van der Waals surface area contributed by atoms with Crippen LogP contribution in [0.2, 0.25) is 0 Å². The van der Waals surface area contributed by atoms with E-state index < -0.39 is 0 Å². The third-order valence-electron chi connectivity index (χ3n) is 3.59. The second kappa shape index (κ2) is 4.28. The second-order valence-corrected chi connectivity index (χ2v) is 4.61. The molecule has 0 aromatic rings. The highest BCUT2D eigenvalue weighted by Gasteiger charge is 2.17. The molecule has 2 saturated carbocycles. The molecule has 0 bridgehead atoms. The first-order chi connectivity index (χ1) is 6.36. The highest BCUT2D eigenvalue weighted by molar-refractivity contribution is 5.17. The highest BCUT2D eigenvalue weighted by Crippen LogP contribution is 2.32. The van der Waals surface area contributed by atoms with Crippen LogP contribution in [-0.2, 0) is 0 Å². The predicted molar refractivity (Wildman–Crippen MR) is 56.6 cm³/mol. The number of hydrogen-bond acceptors (Lipinski definition) is 1. The van der Waals surface area contributed by atoms with E-state index in [4.69, 9.17) is 5.73 Å². The first-order valence-corrected chi connectivity index (χ1v) is 5.81. The zero-order chi connectivity index (χ0) is 9.10. The SMILES string of the molecule is NC1CCC(=C2CCCCC2)CC1. The lowest BCUT2D eigenvalue weighted by molar-refractivity contribution is 0.494. The van der Waals surface area contributed by atoms with E-state index in [9.17, 15) is 0 Å². The molecule has 1 nitrogen and oxygen atoms in total. The molecule has 0 atom stereocenters. The third kappa shape index (κ3) is 2.34. The van der Waals surface area contributed by atoms with Gasteiger partial charge in [-0.3, -0.25) is 0 Å². The van der Waals surface area contributed by atoms with E-state index in [0.717, 1.165) is 0 Å². The molecule has 0 amide bonds. The molecular formula is C12H21N. The molecule has 0 heterocycles. The van der Waals surface area contributed by atoms with Crippen LogP contribution in [0.3, 0.4) is 0 Å². The smallest absolute Gasteiger partial charge is 0.00449 e. The van der Waals surface area contributed by atoms with E-state index in [1.165, 1.54) is 57.8 Å². The Hall–Kier alpha value is -0.300. The minimum atomic E-state index is 0.493. The molecule has 0 radical (unpaired) electrons. The molecule has 1 heteroatoms. The summed E-state index contributed by atoms with van der Waals surface area (Å²) >= 11 is 0. The van der Waals surface area contributed by atoms with Crippen LogP contribution in [0, 0.1) is 0 Å². The lowest BCUT2D eigenvalue weighted by Gasteiger charge is -2.25. The van der Waals surface area contributed by atoms with Gasteiger partial charge in [0, 0.05) is 6.04 Å². The fraction of sp³-hybridized carbons (Fsp3) is 0.833. The summed E-state index contributed by atoms with van der Waals surface area (Å²) in [7, 11) is 0. The fourth-order valence-electron chi connectivity index (χ4n) is 2.67. The summed E-state index contributed by atoms with van der Waals surface area (Å²) in [6, 6.07) is 0.493. The predicted octanol–water partition coefficient (Wildman–Crippen LogP) is 3.15. The molecule has 0 aromatic heterocycles. The van der Waals surface area contributed by atoms with Gasteiger partial charge in [0.25, 0.3) is 0 Å². The Bertz CT molecular complexity index is 187. The van der Waals surface area contributed by atoms with Crippen molar-refractivity contribution in [3.63, 3.8) is 0 Å². The van der Waals surface area contributed by atoms with E-state index in [1.54, 1.807) is 11.1 Å². The van der Waals surface area contributed by atoms with Crippen LogP contribution in [0.5, 0.6) is 0 Å². The van der Waals surface area contributed by atoms with Crippen molar-refractivity contribution >= 4 is 0 Å². The second-order valence-electron chi connectivity index (χ2n) is 4.61. The molecule has 0 unspecified atom stereocenters. The van der Waals surface area contributed by atoms with Crippen molar-refractivity contribution < 1.29 is 0 Å². The van der Waals surface area contributed by atoms with Crippen LogP contribution in [0.15, 0.2) is 11.1 Å². The molecule has 74 valence electrons. The molecule has 2 fully saturated rings. The van der Waals surface area contributed by atoms with Crippen LogP contribution in [-0.4, -0.2) is 6.04 Å². The van der Waals surface area contributed by atoms with Crippen molar-refractivity contribution in [1.29, 1.82) is 0 Å². The van der Waals surface area contributed by atoms with E-state index in [-0.39, 0.29) is 0 Å². The maximum atomic E-state index is 5.90. The van der Waals surface area contributed by atoms with Crippen LogP contribution in [0.1, 0.15) is 57.8 Å². The van der Waals surface area contributed by atoms with Crippen LogP contribution >= 0.6 is 0 Å². The molecule has 0 saturated heterocycles. The normalized spacial score (nSPS) is 30.7. The number of rotatable bonds is 0. The van der Waals surface area contributed by atoms with Gasteiger partial charge in [-0.05, 0) is 51.4 Å². The fourth-order valence-corrected chi connectivity index (χ4v) is 2.67. The maximum absolute atomic E-state index is 5.90. The van der Waals surface area contributed by atoms with Crippen molar-refractivity contribution in [3.8, 4) is 0 Å². The quantitative estimate of drug-likeness (QED) is 0.568. The van der Waals surface area contributed by atoms with Crippen molar-refractivity contribution in [3.05, 3.63) is 11.1 Å². The molecule has 2 N–H and O–H groups in total. The summed E-state index contributed by atoms with van der Waals surface area (Å²) in [5.41, 5.74) is 9.49. The van der Waals surface area contributed by atoms with Crippen LogP contribution in [0.4, 0.5) is 0 Å². The zero-order valence-electron chi connectivity index (χ0n) is 8.52. The van der Waals surface area contributed by atoms with Crippen molar-refractivity contribution in [1.82, 2.24) is 0 Å². The number of hydrogen-bond donors (Lipinski definition) is 1. The van der Waals surface area contributed by atoms with E-state index in [0.29, 0.717) is 6.04 Å². The van der Waals surface area contributed by atoms with Crippen molar-refractivity contribution in [2.24, 2.45) is 5.73 Å². The lowest BCUT2D eigenvalue weighted by atomic mass is 9.83. The van der Waals surface area contributed by atoms with Gasteiger partial charge in [-0.15, -0.1) is 0 Å². The summed E-state index contributed by atoms with van der Waals surface area (Å²) in [6.45, 7) is 0.